The molecule has 0 radical (unpaired) electrons. The molecular formula is C14H30N2O7S. The van der Waals surface area contributed by atoms with E-state index in [9.17, 15) is 17.8 Å². The van der Waals surface area contributed by atoms with Gasteiger partial charge in [-0.1, -0.05) is 0 Å². The van der Waals surface area contributed by atoms with E-state index in [1.54, 1.807) is 4.90 Å². The second-order valence-corrected chi connectivity index (χ2v) is 7.78. The van der Waals surface area contributed by atoms with Gasteiger partial charge < -0.3 is 24.0 Å². The topological polar surface area (TPSA) is 127 Å². The number of carbonyl (C=O) groups excluding carboxylic acids is 1. The molecule has 0 aromatic rings. The molecule has 0 atom stereocenters. The van der Waals surface area contributed by atoms with E-state index < -0.39 is 10.1 Å². The Morgan fingerprint density at radius 1 is 1.12 bits per heavy atom. The fourth-order valence-corrected chi connectivity index (χ4v) is 2.61. The van der Waals surface area contributed by atoms with Crippen LogP contribution in [0.2, 0.25) is 0 Å². The maximum Gasteiger partial charge on any atom is 0.307 e. The van der Waals surface area contributed by atoms with Crippen molar-refractivity contribution in [1.82, 2.24) is 4.90 Å². The minimum Gasteiger partial charge on any atom is -0.748 e. The summed E-state index contributed by atoms with van der Waals surface area (Å²) in [4.78, 5) is 13.5. The van der Waals surface area contributed by atoms with Gasteiger partial charge in [0.2, 0.25) is 0 Å². The van der Waals surface area contributed by atoms with Crippen molar-refractivity contribution in [3.8, 4) is 0 Å². The molecule has 9 nitrogen and oxygen atoms in total. The van der Waals surface area contributed by atoms with E-state index in [2.05, 4.69) is 0 Å². The summed E-state index contributed by atoms with van der Waals surface area (Å²) in [6.45, 7) is 2.32. The molecule has 0 spiro atoms. The van der Waals surface area contributed by atoms with Crippen LogP contribution in [-0.4, -0.2) is 111 Å². The summed E-state index contributed by atoms with van der Waals surface area (Å²) in [6.07, 6.45) is 0.436. The summed E-state index contributed by atoms with van der Waals surface area (Å²) in [5.74, 6) is -0.752. The highest BCUT2D eigenvalue weighted by Crippen LogP contribution is 2.02. The number of esters is 1. The summed E-state index contributed by atoms with van der Waals surface area (Å²) >= 11 is 0. The van der Waals surface area contributed by atoms with E-state index >= 15 is 0 Å². The second-order valence-electron chi connectivity index (χ2n) is 6.26. The Morgan fingerprint density at radius 2 is 1.71 bits per heavy atom. The highest BCUT2D eigenvalue weighted by atomic mass is 32.2. The van der Waals surface area contributed by atoms with Gasteiger partial charge in [-0.2, -0.15) is 0 Å². The van der Waals surface area contributed by atoms with E-state index in [0.29, 0.717) is 37.2 Å². The van der Waals surface area contributed by atoms with Gasteiger partial charge in [0.1, 0.15) is 13.2 Å². The third kappa shape index (κ3) is 13.6. The van der Waals surface area contributed by atoms with Crippen LogP contribution in [0.15, 0.2) is 0 Å². The van der Waals surface area contributed by atoms with E-state index in [-0.39, 0.29) is 44.4 Å². The minimum atomic E-state index is -4.19. The first-order chi connectivity index (χ1) is 11.1. The van der Waals surface area contributed by atoms with E-state index in [1.165, 1.54) is 0 Å². The zero-order chi connectivity index (χ0) is 18.6. The largest absolute Gasteiger partial charge is 0.748 e. The average molecular weight is 370 g/mol. The number of quaternary nitrogens is 1. The summed E-state index contributed by atoms with van der Waals surface area (Å²) in [6, 6.07) is 0. The summed E-state index contributed by atoms with van der Waals surface area (Å²) < 4.78 is 37.3. The molecule has 0 saturated carbocycles. The zero-order valence-corrected chi connectivity index (χ0v) is 15.3. The monoisotopic (exact) mass is 370 g/mol. The molecule has 0 unspecified atom stereocenters. The van der Waals surface area contributed by atoms with Crippen LogP contribution in [0.3, 0.4) is 0 Å². The van der Waals surface area contributed by atoms with Crippen LogP contribution in [0, 0.1) is 0 Å². The molecule has 144 valence electrons. The predicted octanol–water partition coefficient (Wildman–Crippen LogP) is -1.78. The zero-order valence-electron chi connectivity index (χ0n) is 14.5. The Hall–Kier alpha value is -0.780. The van der Waals surface area contributed by atoms with Crippen LogP contribution in [0.25, 0.3) is 0 Å². The first-order valence-corrected chi connectivity index (χ1v) is 9.52. The van der Waals surface area contributed by atoms with E-state index in [4.69, 9.17) is 14.9 Å². The van der Waals surface area contributed by atoms with Crippen molar-refractivity contribution in [2.75, 3.05) is 72.4 Å². The van der Waals surface area contributed by atoms with Crippen LogP contribution < -0.4 is 0 Å². The third-order valence-electron chi connectivity index (χ3n) is 3.58. The molecule has 0 rings (SSSR count). The molecule has 0 heterocycles. The van der Waals surface area contributed by atoms with E-state index in [1.807, 2.05) is 14.1 Å². The van der Waals surface area contributed by atoms with Crippen LogP contribution in [0.1, 0.15) is 12.8 Å². The number of aliphatic hydroxyl groups excluding tert-OH is 2. The number of ether oxygens (including phenoxy) is 1. The van der Waals surface area contributed by atoms with Crippen molar-refractivity contribution in [2.45, 2.75) is 12.8 Å². The third-order valence-corrected chi connectivity index (χ3v) is 4.37. The van der Waals surface area contributed by atoms with Crippen molar-refractivity contribution >= 4 is 16.1 Å². The standard InChI is InChI=1S/C14H30N2O7S/c1-16(2,8-3-13-24(20,21)22)9-12-23-14(19)4-5-15(6-10-17)7-11-18/h17-18H,3-13H2,1-2H3. The Kier molecular flexibility index (Phi) is 11.3. The first kappa shape index (κ1) is 23.2. The number of likely N-dealkylation sites (N-methyl/N-ethyl adjacent to an activating group) is 1. The molecule has 0 aliphatic carbocycles. The lowest BCUT2D eigenvalue weighted by molar-refractivity contribution is -0.890. The van der Waals surface area contributed by atoms with Gasteiger partial charge in [-0.3, -0.25) is 9.69 Å². The van der Waals surface area contributed by atoms with Gasteiger partial charge in [0.05, 0.1) is 50.4 Å². The number of carbonyl (C=O) groups is 1. The molecule has 0 aromatic carbocycles. The molecule has 24 heavy (non-hydrogen) atoms. The minimum absolute atomic E-state index is 0.0419. The van der Waals surface area contributed by atoms with Gasteiger partial charge in [0, 0.05) is 31.8 Å². The predicted molar refractivity (Wildman–Crippen MR) is 87.2 cm³/mol. The van der Waals surface area contributed by atoms with Gasteiger partial charge in [0.25, 0.3) is 0 Å². The molecule has 0 aromatic heterocycles. The molecular weight excluding hydrogens is 340 g/mol. The Bertz CT molecular complexity index is 448. The highest BCUT2D eigenvalue weighted by molar-refractivity contribution is 7.85. The molecule has 0 aliphatic heterocycles. The molecule has 0 bridgehead atoms. The van der Waals surface area contributed by atoms with Gasteiger partial charge in [-0.15, -0.1) is 0 Å². The Balaban J connectivity index is 3.96. The second kappa shape index (κ2) is 11.7. The van der Waals surface area contributed by atoms with Gasteiger partial charge in [-0.05, 0) is 0 Å². The van der Waals surface area contributed by atoms with Crippen molar-refractivity contribution in [2.24, 2.45) is 0 Å². The number of hydrogen-bond acceptors (Lipinski definition) is 8. The molecule has 0 saturated heterocycles. The fraction of sp³-hybridized carbons (Fsp3) is 0.929. The smallest absolute Gasteiger partial charge is 0.307 e. The highest BCUT2D eigenvalue weighted by Gasteiger charge is 2.16. The Morgan fingerprint density at radius 3 is 2.21 bits per heavy atom. The van der Waals surface area contributed by atoms with Crippen molar-refractivity contribution < 1.29 is 37.2 Å². The van der Waals surface area contributed by atoms with Crippen molar-refractivity contribution in [3.05, 3.63) is 0 Å². The van der Waals surface area contributed by atoms with Gasteiger partial charge >= 0.3 is 5.97 Å². The van der Waals surface area contributed by atoms with Gasteiger partial charge in [0.15, 0.2) is 0 Å². The lowest BCUT2D eigenvalue weighted by Gasteiger charge is -2.29. The normalized spacial score (nSPS) is 12.6. The molecule has 2 N–H and O–H groups in total. The lowest BCUT2D eigenvalue weighted by atomic mass is 10.3. The number of aliphatic hydroxyl groups is 2. The SMILES string of the molecule is C[N+](C)(CCCS(=O)(=O)[O-])CCOC(=O)CCN(CCO)CCO. The molecule has 0 amide bonds. The maximum absolute atomic E-state index is 11.7. The maximum atomic E-state index is 11.7. The first-order valence-electron chi connectivity index (χ1n) is 7.95. The Labute approximate surface area is 144 Å². The summed E-state index contributed by atoms with van der Waals surface area (Å²) in [5, 5.41) is 17.8. The van der Waals surface area contributed by atoms with Crippen LogP contribution >= 0.6 is 0 Å². The number of rotatable bonds is 14. The van der Waals surface area contributed by atoms with Gasteiger partial charge in [-0.25, -0.2) is 8.42 Å². The van der Waals surface area contributed by atoms with Crippen LogP contribution in [-0.2, 0) is 19.6 Å². The molecule has 10 heteroatoms. The average Bonchev–Trinajstić information content (AvgIpc) is 2.43. The lowest BCUT2D eigenvalue weighted by Crippen LogP contribution is -2.44. The van der Waals surface area contributed by atoms with Crippen LogP contribution in [0.4, 0.5) is 0 Å². The van der Waals surface area contributed by atoms with Crippen molar-refractivity contribution in [1.29, 1.82) is 0 Å². The summed E-state index contributed by atoms with van der Waals surface area (Å²) in [5.41, 5.74) is 0. The number of hydrogen-bond donors (Lipinski definition) is 2. The fourth-order valence-electron chi connectivity index (χ4n) is 2.13. The summed E-state index contributed by atoms with van der Waals surface area (Å²) in [7, 11) is -0.450. The molecule has 0 fully saturated rings. The van der Waals surface area contributed by atoms with Crippen molar-refractivity contribution in [3.63, 3.8) is 0 Å². The van der Waals surface area contributed by atoms with Crippen LogP contribution in [0.5, 0.6) is 0 Å². The molecule has 0 aliphatic rings. The quantitative estimate of drug-likeness (QED) is 0.209. The van der Waals surface area contributed by atoms with E-state index in [0.717, 1.165) is 0 Å². The number of nitrogens with zero attached hydrogens (tertiary/aromatic N) is 2.